The molecule has 1 radical (unpaired) electrons. The summed E-state index contributed by atoms with van der Waals surface area (Å²) in [5.74, 6) is 0. The van der Waals surface area contributed by atoms with Crippen LogP contribution in [-0.4, -0.2) is 44.8 Å². The van der Waals surface area contributed by atoms with Crippen LogP contribution < -0.4 is 0 Å². The van der Waals surface area contributed by atoms with Crippen LogP contribution >= 0.6 is 0 Å². The molecule has 0 aromatic rings. The van der Waals surface area contributed by atoms with E-state index in [2.05, 4.69) is 0 Å². The molecule has 0 N–H and O–H groups in total. The van der Waals surface area contributed by atoms with Gasteiger partial charge < -0.3 is 9.11 Å². The van der Waals surface area contributed by atoms with Gasteiger partial charge in [0, 0.05) is 37.7 Å². The van der Waals surface area contributed by atoms with Crippen LogP contribution in [0.4, 0.5) is 0 Å². The summed E-state index contributed by atoms with van der Waals surface area (Å²) in [4.78, 5) is 0. The Balaban J connectivity index is 0. The predicted octanol–water partition coefficient (Wildman–Crippen LogP) is -1.72. The summed E-state index contributed by atoms with van der Waals surface area (Å²) in [6, 6.07) is 0. The normalized spacial score (nSPS) is 9.67. The zero-order valence-electron chi connectivity index (χ0n) is 2.62. The maximum atomic E-state index is 8.52. The van der Waals surface area contributed by atoms with Crippen molar-refractivity contribution in [2.75, 3.05) is 0 Å². The van der Waals surface area contributed by atoms with E-state index in [0.717, 1.165) is 0 Å². The Labute approximate surface area is 55.3 Å². The Morgan fingerprint density at radius 1 is 1.17 bits per heavy atom. The maximum Gasteiger partial charge on any atom is 0.0311 e. The van der Waals surface area contributed by atoms with Gasteiger partial charge in [0.25, 0.3) is 0 Å². The van der Waals surface area contributed by atoms with Gasteiger partial charge in [-0.2, -0.15) is 0 Å². The first kappa shape index (κ1) is 9.92. The SMILES string of the molecule is O=S(=O)([O-])[O-].[Tl]. The van der Waals surface area contributed by atoms with E-state index >= 15 is 0 Å². The Kier molecular flexibility index (Phi) is 4.77. The summed E-state index contributed by atoms with van der Waals surface area (Å²) in [6.45, 7) is 0. The molecule has 0 aliphatic carbocycles. The minimum absolute atomic E-state index is 0. The van der Waals surface area contributed by atoms with Crippen molar-refractivity contribution < 1.29 is 17.5 Å². The van der Waals surface area contributed by atoms with E-state index in [9.17, 15) is 0 Å². The Morgan fingerprint density at radius 3 is 1.17 bits per heavy atom. The summed E-state index contributed by atoms with van der Waals surface area (Å²) in [5.41, 5.74) is 0. The molecule has 0 bridgehead atoms. The Hall–Kier alpha value is 0.792. The van der Waals surface area contributed by atoms with Gasteiger partial charge in [-0.3, -0.25) is 8.42 Å². The molecule has 0 aliphatic rings. The summed E-state index contributed by atoms with van der Waals surface area (Å²) < 4.78 is 34.1. The van der Waals surface area contributed by atoms with Crippen LogP contribution in [0.2, 0.25) is 0 Å². The molecule has 0 spiro atoms. The molecule has 4 nitrogen and oxygen atoms in total. The summed E-state index contributed by atoms with van der Waals surface area (Å²) in [7, 11) is -5.17. The van der Waals surface area contributed by atoms with Crippen molar-refractivity contribution in [3.8, 4) is 0 Å². The van der Waals surface area contributed by atoms with E-state index in [1.54, 1.807) is 0 Å². The zero-order valence-corrected chi connectivity index (χ0v) is 7.92. The van der Waals surface area contributed by atoms with Crippen molar-refractivity contribution >= 4 is 37.7 Å². The molecular weight excluding hydrogens is 300 g/mol. The van der Waals surface area contributed by atoms with Gasteiger partial charge in [-0.15, -0.1) is 0 Å². The molecule has 6 heavy (non-hydrogen) atoms. The van der Waals surface area contributed by atoms with Crippen molar-refractivity contribution in [2.24, 2.45) is 0 Å². The van der Waals surface area contributed by atoms with Gasteiger partial charge >= 0.3 is 0 Å². The van der Waals surface area contributed by atoms with Gasteiger partial charge in [-0.1, -0.05) is 0 Å². The van der Waals surface area contributed by atoms with Gasteiger partial charge in [-0.05, 0) is 0 Å². The molecule has 0 heterocycles. The molecule has 0 saturated carbocycles. The third-order valence-electron chi connectivity index (χ3n) is 0. The standard InChI is InChI=1S/H2O4S.Tl/c1-5(2,3)4;/h(H2,1,2,3,4);/p-2. The largest absolute Gasteiger partial charge is 0.759 e. The van der Waals surface area contributed by atoms with Gasteiger partial charge in [0.15, 0.2) is 0 Å². The molecule has 0 aliphatic heterocycles. The van der Waals surface area contributed by atoms with Gasteiger partial charge in [-0.25, -0.2) is 0 Å². The van der Waals surface area contributed by atoms with Crippen molar-refractivity contribution in [3.05, 3.63) is 0 Å². The van der Waals surface area contributed by atoms with Crippen LogP contribution in [0.25, 0.3) is 0 Å². The monoisotopic (exact) mass is 301 g/mol. The third-order valence-corrected chi connectivity index (χ3v) is 0. The second-order valence-electron chi connectivity index (χ2n) is 0.408. The third kappa shape index (κ3) is 110. The minimum atomic E-state index is -5.17. The van der Waals surface area contributed by atoms with E-state index in [4.69, 9.17) is 17.5 Å². The fourth-order valence-corrected chi connectivity index (χ4v) is 0. The molecule has 0 aromatic carbocycles. The summed E-state index contributed by atoms with van der Waals surface area (Å²) >= 11 is 0. The number of hydrogen-bond donors (Lipinski definition) is 0. The zero-order chi connectivity index (χ0) is 4.50. The van der Waals surface area contributed by atoms with Gasteiger partial charge in [0.2, 0.25) is 0 Å². The van der Waals surface area contributed by atoms with Crippen LogP contribution in [0, 0.1) is 0 Å². The fraction of sp³-hybridized carbons (Fsp3) is 0. The molecule has 0 amide bonds. The molecule has 35 valence electrons. The van der Waals surface area contributed by atoms with Crippen LogP contribution in [0.3, 0.4) is 0 Å². The molecule has 0 rings (SSSR count). The van der Waals surface area contributed by atoms with E-state index < -0.39 is 10.4 Å². The molecule has 0 aromatic heterocycles. The number of hydrogen-bond acceptors (Lipinski definition) is 4. The minimum Gasteiger partial charge on any atom is -0.759 e. The Morgan fingerprint density at radius 2 is 1.17 bits per heavy atom. The molecular formula is O4STl-2. The van der Waals surface area contributed by atoms with E-state index in [1.807, 2.05) is 0 Å². The van der Waals surface area contributed by atoms with Gasteiger partial charge in [0.1, 0.15) is 0 Å². The first-order valence-corrected chi connectivity index (χ1v) is 2.00. The Bertz CT molecular complexity index is 90.7. The van der Waals surface area contributed by atoms with Crippen LogP contribution in [-0.2, 0) is 10.4 Å². The molecule has 0 fully saturated rings. The molecule has 0 saturated heterocycles. The summed E-state index contributed by atoms with van der Waals surface area (Å²) in [5, 5.41) is 0. The average Bonchev–Trinajstić information content (AvgIpc) is 0.722. The van der Waals surface area contributed by atoms with Crippen molar-refractivity contribution in [2.45, 2.75) is 0 Å². The average molecular weight is 300 g/mol. The van der Waals surface area contributed by atoms with Gasteiger partial charge in [0.05, 0.1) is 0 Å². The molecule has 0 unspecified atom stereocenters. The van der Waals surface area contributed by atoms with Crippen LogP contribution in [0.1, 0.15) is 0 Å². The van der Waals surface area contributed by atoms with E-state index in [0.29, 0.717) is 0 Å². The maximum absolute atomic E-state index is 8.52. The number of rotatable bonds is 0. The van der Waals surface area contributed by atoms with Crippen LogP contribution in [0.15, 0.2) is 0 Å². The van der Waals surface area contributed by atoms with Crippen molar-refractivity contribution in [1.29, 1.82) is 0 Å². The first-order chi connectivity index (χ1) is 2.00. The topological polar surface area (TPSA) is 80.3 Å². The first-order valence-electron chi connectivity index (χ1n) is 0.667. The second-order valence-corrected chi connectivity index (χ2v) is 1.22. The molecule has 6 heteroatoms. The smallest absolute Gasteiger partial charge is 0.0311 e. The van der Waals surface area contributed by atoms with Crippen LogP contribution in [0.5, 0.6) is 0 Å². The fourth-order valence-electron chi connectivity index (χ4n) is 0. The van der Waals surface area contributed by atoms with Crippen molar-refractivity contribution in [3.63, 3.8) is 0 Å². The molecule has 0 atom stereocenters. The predicted molar refractivity (Wildman–Crippen MR) is 16.2 cm³/mol. The van der Waals surface area contributed by atoms with E-state index in [1.165, 1.54) is 0 Å². The van der Waals surface area contributed by atoms with Crippen molar-refractivity contribution in [1.82, 2.24) is 0 Å². The quantitative estimate of drug-likeness (QED) is 0.303. The second kappa shape index (κ2) is 2.88. The summed E-state index contributed by atoms with van der Waals surface area (Å²) in [6.07, 6.45) is 0. The van der Waals surface area contributed by atoms with E-state index in [-0.39, 0.29) is 27.3 Å².